The monoisotopic (exact) mass is 216 g/mol. The third-order valence-corrected chi connectivity index (χ3v) is 2.12. The van der Waals surface area contributed by atoms with Gasteiger partial charge in [-0.2, -0.15) is 0 Å². The lowest BCUT2D eigenvalue weighted by atomic mass is 10.0. The first-order valence-electron chi connectivity index (χ1n) is 4.58. The minimum Gasteiger partial charge on any atom is -0.299 e. The molecule has 0 amide bonds. The molecule has 82 valence electrons. The summed E-state index contributed by atoms with van der Waals surface area (Å²) in [6.07, 6.45) is -0.208. The van der Waals surface area contributed by atoms with Crippen LogP contribution < -0.4 is 0 Å². The molecule has 0 heterocycles. The molecule has 0 aliphatic rings. The lowest BCUT2D eigenvalue weighted by Gasteiger charge is -2.06. The Labute approximate surface area is 85.9 Å². The van der Waals surface area contributed by atoms with Crippen LogP contribution in [0.25, 0.3) is 0 Å². The fourth-order valence-electron chi connectivity index (χ4n) is 1.09. The molecule has 15 heavy (non-hydrogen) atoms. The van der Waals surface area contributed by atoms with Gasteiger partial charge in [-0.1, -0.05) is 19.9 Å². The van der Waals surface area contributed by atoms with Gasteiger partial charge in [0, 0.05) is 12.3 Å². The Morgan fingerprint density at radius 2 is 1.80 bits per heavy atom. The highest BCUT2D eigenvalue weighted by Crippen LogP contribution is 2.16. The van der Waals surface area contributed by atoms with Crippen molar-refractivity contribution in [1.29, 1.82) is 0 Å². The molecule has 0 aliphatic carbocycles. The quantitative estimate of drug-likeness (QED) is 0.710. The van der Waals surface area contributed by atoms with Gasteiger partial charge in [0.2, 0.25) is 0 Å². The molecule has 1 rings (SSSR count). The molecule has 0 atom stereocenters. The van der Waals surface area contributed by atoms with Crippen LogP contribution >= 0.6 is 0 Å². The van der Waals surface area contributed by atoms with Crippen molar-refractivity contribution in [2.45, 2.75) is 20.3 Å². The molecule has 4 heteroatoms. The average molecular weight is 216 g/mol. The Morgan fingerprint density at radius 1 is 1.20 bits per heavy atom. The van der Waals surface area contributed by atoms with Crippen molar-refractivity contribution in [1.82, 2.24) is 0 Å². The van der Waals surface area contributed by atoms with E-state index in [-0.39, 0.29) is 23.7 Å². The van der Waals surface area contributed by atoms with Gasteiger partial charge in [0.15, 0.2) is 17.5 Å². The second kappa shape index (κ2) is 4.47. The highest BCUT2D eigenvalue weighted by molar-refractivity contribution is 5.82. The van der Waals surface area contributed by atoms with Crippen molar-refractivity contribution >= 4 is 5.78 Å². The molecule has 0 N–H and O–H groups in total. The van der Waals surface area contributed by atoms with Crippen LogP contribution in [-0.2, 0) is 11.2 Å². The number of Topliss-reactive ketones (excluding diaryl/α,β-unsaturated/α-hetero) is 1. The van der Waals surface area contributed by atoms with Crippen LogP contribution in [0.15, 0.2) is 12.1 Å². The summed E-state index contributed by atoms with van der Waals surface area (Å²) >= 11 is 0. The van der Waals surface area contributed by atoms with Crippen LogP contribution in [0.3, 0.4) is 0 Å². The maximum absolute atomic E-state index is 13.1. The second-order valence-corrected chi connectivity index (χ2v) is 3.63. The van der Waals surface area contributed by atoms with E-state index in [9.17, 15) is 18.0 Å². The first-order chi connectivity index (χ1) is 6.93. The van der Waals surface area contributed by atoms with Crippen molar-refractivity contribution in [3.05, 3.63) is 35.1 Å². The van der Waals surface area contributed by atoms with Gasteiger partial charge in [0.25, 0.3) is 0 Å². The Hall–Kier alpha value is -1.32. The van der Waals surface area contributed by atoms with Crippen molar-refractivity contribution in [3.8, 4) is 0 Å². The second-order valence-electron chi connectivity index (χ2n) is 3.63. The van der Waals surface area contributed by atoms with Gasteiger partial charge in [-0.05, 0) is 11.6 Å². The molecule has 0 aliphatic heterocycles. The average Bonchev–Trinajstić information content (AvgIpc) is 2.18. The Morgan fingerprint density at radius 3 is 2.33 bits per heavy atom. The van der Waals surface area contributed by atoms with Gasteiger partial charge >= 0.3 is 0 Å². The molecule has 1 aromatic rings. The van der Waals surface area contributed by atoms with E-state index in [1.54, 1.807) is 13.8 Å². The summed E-state index contributed by atoms with van der Waals surface area (Å²) in [4.78, 5) is 11.3. The summed E-state index contributed by atoms with van der Waals surface area (Å²) in [5, 5.41) is 0. The summed E-state index contributed by atoms with van der Waals surface area (Å²) in [5.41, 5.74) is -0.104. The highest BCUT2D eigenvalue weighted by Gasteiger charge is 2.16. The number of carbonyl (C=O) groups excluding carboxylic acids is 1. The molecule has 0 spiro atoms. The van der Waals surface area contributed by atoms with Crippen LogP contribution in [0.2, 0.25) is 0 Å². The SMILES string of the molecule is CC(C)C(=O)Cc1ccc(F)c(F)c1F. The zero-order valence-corrected chi connectivity index (χ0v) is 8.48. The number of halogens is 3. The summed E-state index contributed by atoms with van der Waals surface area (Å²) < 4.78 is 38.5. The van der Waals surface area contributed by atoms with Crippen molar-refractivity contribution in [2.75, 3.05) is 0 Å². The van der Waals surface area contributed by atoms with E-state index < -0.39 is 17.5 Å². The van der Waals surface area contributed by atoms with Gasteiger partial charge < -0.3 is 0 Å². The number of hydrogen-bond donors (Lipinski definition) is 0. The molecular weight excluding hydrogens is 205 g/mol. The predicted octanol–water partition coefficient (Wildman–Crippen LogP) is 2.87. The molecular formula is C11H11F3O. The van der Waals surface area contributed by atoms with Gasteiger partial charge in [-0.25, -0.2) is 13.2 Å². The maximum Gasteiger partial charge on any atom is 0.194 e. The normalized spacial score (nSPS) is 10.8. The van der Waals surface area contributed by atoms with Crippen molar-refractivity contribution in [2.24, 2.45) is 5.92 Å². The Bertz CT molecular complexity index is 386. The lowest BCUT2D eigenvalue weighted by Crippen LogP contribution is -2.12. The number of rotatable bonds is 3. The molecule has 0 fully saturated rings. The summed E-state index contributed by atoms with van der Waals surface area (Å²) in [6.45, 7) is 3.33. The summed E-state index contributed by atoms with van der Waals surface area (Å²) in [6, 6.07) is 1.91. The van der Waals surface area contributed by atoms with Gasteiger partial charge in [-0.3, -0.25) is 4.79 Å². The first kappa shape index (κ1) is 11.8. The topological polar surface area (TPSA) is 17.1 Å². The van der Waals surface area contributed by atoms with E-state index in [4.69, 9.17) is 0 Å². The van der Waals surface area contributed by atoms with E-state index in [1.165, 1.54) is 0 Å². The van der Waals surface area contributed by atoms with Gasteiger partial charge in [-0.15, -0.1) is 0 Å². The van der Waals surface area contributed by atoms with E-state index >= 15 is 0 Å². The highest BCUT2D eigenvalue weighted by atomic mass is 19.2. The molecule has 1 nitrogen and oxygen atoms in total. The molecule has 0 saturated carbocycles. The van der Waals surface area contributed by atoms with Crippen molar-refractivity contribution in [3.63, 3.8) is 0 Å². The first-order valence-corrected chi connectivity index (χ1v) is 4.58. The molecule has 0 unspecified atom stereocenters. The maximum atomic E-state index is 13.1. The van der Waals surface area contributed by atoms with Gasteiger partial charge in [0.05, 0.1) is 0 Å². The standard InChI is InChI=1S/C11H11F3O/c1-6(2)9(15)5-7-3-4-8(12)11(14)10(7)13/h3-4,6H,5H2,1-2H3. The van der Waals surface area contributed by atoms with Crippen LogP contribution in [0, 0.1) is 23.4 Å². The zero-order chi connectivity index (χ0) is 11.6. The third kappa shape index (κ3) is 2.58. The fourth-order valence-corrected chi connectivity index (χ4v) is 1.09. The predicted molar refractivity (Wildman–Crippen MR) is 49.9 cm³/mol. The Balaban J connectivity index is 2.97. The molecule has 0 radical (unpaired) electrons. The molecule has 0 bridgehead atoms. The number of ketones is 1. The third-order valence-electron chi connectivity index (χ3n) is 2.12. The molecule has 0 aromatic heterocycles. The molecule has 1 aromatic carbocycles. The van der Waals surface area contributed by atoms with Crippen LogP contribution in [0.4, 0.5) is 13.2 Å². The minimum atomic E-state index is -1.52. The number of carbonyl (C=O) groups is 1. The van der Waals surface area contributed by atoms with Crippen LogP contribution in [0.5, 0.6) is 0 Å². The van der Waals surface area contributed by atoms with Crippen LogP contribution in [0.1, 0.15) is 19.4 Å². The summed E-state index contributed by atoms with van der Waals surface area (Å²) in [5.74, 6) is -4.50. The van der Waals surface area contributed by atoms with E-state index in [0.29, 0.717) is 0 Å². The smallest absolute Gasteiger partial charge is 0.194 e. The Kier molecular flexibility index (Phi) is 3.50. The molecule has 0 saturated heterocycles. The van der Waals surface area contributed by atoms with E-state index in [0.717, 1.165) is 12.1 Å². The largest absolute Gasteiger partial charge is 0.299 e. The van der Waals surface area contributed by atoms with E-state index in [2.05, 4.69) is 0 Å². The minimum absolute atomic E-state index is 0.104. The summed E-state index contributed by atoms with van der Waals surface area (Å²) in [7, 11) is 0. The number of hydrogen-bond acceptors (Lipinski definition) is 1. The van der Waals surface area contributed by atoms with E-state index in [1.807, 2.05) is 0 Å². The van der Waals surface area contributed by atoms with Crippen molar-refractivity contribution < 1.29 is 18.0 Å². The van der Waals surface area contributed by atoms with Gasteiger partial charge in [0.1, 0.15) is 5.78 Å². The lowest BCUT2D eigenvalue weighted by molar-refractivity contribution is -0.121. The fraction of sp³-hybridized carbons (Fsp3) is 0.364. The zero-order valence-electron chi connectivity index (χ0n) is 8.48. The number of benzene rings is 1. The van der Waals surface area contributed by atoms with Crippen LogP contribution in [-0.4, -0.2) is 5.78 Å².